The third-order valence-corrected chi connectivity index (χ3v) is 7.31. The van der Waals surface area contributed by atoms with Gasteiger partial charge >= 0.3 is 0 Å². The van der Waals surface area contributed by atoms with E-state index in [0.717, 1.165) is 37.7 Å². The summed E-state index contributed by atoms with van der Waals surface area (Å²) in [6.07, 6.45) is 2.53. The van der Waals surface area contributed by atoms with E-state index in [2.05, 4.69) is 34.9 Å². The van der Waals surface area contributed by atoms with Crippen molar-refractivity contribution in [2.24, 2.45) is 11.7 Å². The Kier molecular flexibility index (Phi) is 5.33. The Morgan fingerprint density at radius 1 is 1.03 bits per heavy atom. The van der Waals surface area contributed by atoms with Crippen LogP contribution in [-0.4, -0.2) is 49.3 Å². The summed E-state index contributed by atoms with van der Waals surface area (Å²) >= 11 is 1.78. The first-order chi connectivity index (χ1) is 14.2. The zero-order valence-electron chi connectivity index (χ0n) is 16.9. The van der Waals surface area contributed by atoms with Crippen LogP contribution in [-0.2, 0) is 0 Å². The first-order valence-corrected chi connectivity index (χ1v) is 11.4. The van der Waals surface area contributed by atoms with Crippen LogP contribution in [0.4, 0.5) is 5.69 Å². The SMILES string of the molecule is Cc1cccc2c1N(CC1CCN(CC3COc4ccccc4O3)CC1)C(N)S2. The van der Waals surface area contributed by atoms with Crippen LogP contribution in [0.15, 0.2) is 47.4 Å². The summed E-state index contributed by atoms with van der Waals surface area (Å²) in [5.41, 5.74) is 9.17. The van der Waals surface area contributed by atoms with E-state index in [1.165, 1.54) is 29.0 Å². The van der Waals surface area contributed by atoms with Gasteiger partial charge in [0.05, 0.1) is 5.69 Å². The van der Waals surface area contributed by atoms with Gasteiger partial charge in [-0.1, -0.05) is 36.0 Å². The maximum Gasteiger partial charge on any atom is 0.161 e. The van der Waals surface area contributed by atoms with Gasteiger partial charge < -0.3 is 20.1 Å². The van der Waals surface area contributed by atoms with E-state index in [-0.39, 0.29) is 11.6 Å². The number of hydrogen-bond donors (Lipinski definition) is 1. The summed E-state index contributed by atoms with van der Waals surface area (Å²) < 4.78 is 12.0. The minimum absolute atomic E-state index is 0.0389. The second-order valence-corrected chi connectivity index (χ2v) is 9.48. The van der Waals surface area contributed by atoms with Gasteiger partial charge in [-0.15, -0.1) is 0 Å². The molecule has 6 heteroatoms. The van der Waals surface area contributed by atoms with Crippen molar-refractivity contribution in [3.05, 3.63) is 48.0 Å². The fourth-order valence-electron chi connectivity index (χ4n) is 4.68. The number of nitrogens with zero attached hydrogens (tertiary/aromatic N) is 2. The molecular formula is C23H29N3O2S. The van der Waals surface area contributed by atoms with Gasteiger partial charge in [-0.3, -0.25) is 4.90 Å². The summed E-state index contributed by atoms with van der Waals surface area (Å²) in [5.74, 6) is 2.42. The van der Waals surface area contributed by atoms with E-state index in [1.54, 1.807) is 11.8 Å². The Morgan fingerprint density at radius 2 is 1.83 bits per heavy atom. The summed E-state index contributed by atoms with van der Waals surface area (Å²) in [4.78, 5) is 6.27. The number of likely N-dealkylation sites (tertiary alicyclic amines) is 1. The number of aryl methyl sites for hydroxylation is 1. The largest absolute Gasteiger partial charge is 0.486 e. The summed E-state index contributed by atoms with van der Waals surface area (Å²) in [6.45, 7) is 7.04. The fourth-order valence-corrected chi connectivity index (χ4v) is 5.81. The molecule has 2 N–H and O–H groups in total. The van der Waals surface area contributed by atoms with E-state index in [0.29, 0.717) is 12.5 Å². The van der Waals surface area contributed by atoms with Crippen molar-refractivity contribution in [3.8, 4) is 11.5 Å². The zero-order valence-corrected chi connectivity index (χ0v) is 17.7. The highest BCUT2D eigenvalue weighted by Crippen LogP contribution is 2.44. The van der Waals surface area contributed by atoms with Gasteiger partial charge in [0.25, 0.3) is 0 Å². The highest BCUT2D eigenvalue weighted by atomic mass is 32.2. The summed E-state index contributed by atoms with van der Waals surface area (Å²) in [7, 11) is 0. The lowest BCUT2D eigenvalue weighted by Gasteiger charge is -2.37. The highest BCUT2D eigenvalue weighted by molar-refractivity contribution is 8.00. The van der Waals surface area contributed by atoms with Gasteiger partial charge in [-0.05, 0) is 62.5 Å². The van der Waals surface area contributed by atoms with Gasteiger partial charge in [0.15, 0.2) is 11.5 Å². The number of para-hydroxylation sites is 3. The van der Waals surface area contributed by atoms with Gasteiger partial charge in [-0.25, -0.2) is 0 Å². The van der Waals surface area contributed by atoms with Crippen LogP contribution >= 0.6 is 11.8 Å². The van der Waals surface area contributed by atoms with Crippen molar-refractivity contribution < 1.29 is 9.47 Å². The molecule has 3 heterocycles. The molecule has 0 saturated carbocycles. The number of nitrogens with two attached hydrogens (primary N) is 1. The Morgan fingerprint density at radius 3 is 2.66 bits per heavy atom. The molecular weight excluding hydrogens is 382 g/mol. The van der Waals surface area contributed by atoms with Gasteiger partial charge in [0.2, 0.25) is 0 Å². The molecule has 5 nitrogen and oxygen atoms in total. The number of thioether (sulfide) groups is 1. The Labute approximate surface area is 177 Å². The molecule has 2 unspecified atom stereocenters. The van der Waals surface area contributed by atoms with Crippen molar-refractivity contribution in [1.29, 1.82) is 0 Å². The maximum atomic E-state index is 6.45. The van der Waals surface area contributed by atoms with E-state index < -0.39 is 0 Å². The molecule has 2 atom stereocenters. The van der Waals surface area contributed by atoms with Crippen molar-refractivity contribution in [2.45, 2.75) is 36.3 Å². The molecule has 2 aromatic rings. The molecule has 154 valence electrons. The minimum Gasteiger partial charge on any atom is -0.486 e. The van der Waals surface area contributed by atoms with Crippen LogP contribution in [0.3, 0.4) is 0 Å². The van der Waals surface area contributed by atoms with Crippen LogP contribution in [0.1, 0.15) is 18.4 Å². The van der Waals surface area contributed by atoms with Crippen molar-refractivity contribution in [1.82, 2.24) is 4.90 Å². The lowest BCUT2D eigenvalue weighted by atomic mass is 9.95. The predicted molar refractivity (Wildman–Crippen MR) is 118 cm³/mol. The normalized spacial score (nSPS) is 24.6. The molecule has 2 aromatic carbocycles. The van der Waals surface area contributed by atoms with E-state index in [9.17, 15) is 0 Å². The van der Waals surface area contributed by atoms with Crippen LogP contribution in [0.25, 0.3) is 0 Å². The van der Waals surface area contributed by atoms with Crippen LogP contribution in [0, 0.1) is 12.8 Å². The molecule has 0 radical (unpaired) electrons. The predicted octanol–water partition coefficient (Wildman–Crippen LogP) is 3.70. The molecule has 3 aliphatic rings. The standard InChI is InChI=1S/C23H29N3O2S/c1-16-5-4-8-21-22(16)26(23(24)29-21)13-17-9-11-25(12-10-17)14-18-15-27-19-6-2-3-7-20(19)28-18/h2-8,17-18,23H,9-15,24H2,1H3. The topological polar surface area (TPSA) is 51.0 Å². The molecule has 29 heavy (non-hydrogen) atoms. The molecule has 0 spiro atoms. The molecule has 5 rings (SSSR count). The minimum atomic E-state index is 0.0389. The smallest absolute Gasteiger partial charge is 0.161 e. The van der Waals surface area contributed by atoms with Crippen molar-refractivity contribution in [2.75, 3.05) is 37.7 Å². The number of ether oxygens (including phenoxy) is 2. The van der Waals surface area contributed by atoms with Crippen molar-refractivity contribution >= 4 is 17.4 Å². The monoisotopic (exact) mass is 411 g/mol. The van der Waals surface area contributed by atoms with E-state index >= 15 is 0 Å². The number of rotatable bonds is 4. The van der Waals surface area contributed by atoms with Gasteiger partial charge in [0, 0.05) is 18.0 Å². The van der Waals surface area contributed by atoms with Gasteiger partial charge in [0.1, 0.15) is 18.2 Å². The molecule has 3 aliphatic heterocycles. The third kappa shape index (κ3) is 3.93. The average Bonchev–Trinajstić information content (AvgIpc) is 3.06. The number of benzene rings is 2. The summed E-state index contributed by atoms with van der Waals surface area (Å²) in [5, 5.41) is 0. The van der Waals surface area contributed by atoms with Crippen LogP contribution in [0.5, 0.6) is 11.5 Å². The Hall–Kier alpha value is -1.89. The van der Waals surface area contributed by atoms with E-state index in [1.807, 2.05) is 24.3 Å². The zero-order chi connectivity index (χ0) is 19.8. The number of piperidine rings is 1. The molecule has 1 saturated heterocycles. The van der Waals surface area contributed by atoms with Crippen molar-refractivity contribution in [3.63, 3.8) is 0 Å². The highest BCUT2D eigenvalue weighted by Gasteiger charge is 2.32. The molecule has 1 fully saturated rings. The fraction of sp³-hybridized carbons (Fsp3) is 0.478. The molecule has 0 aliphatic carbocycles. The maximum absolute atomic E-state index is 6.45. The van der Waals surface area contributed by atoms with E-state index in [4.69, 9.17) is 15.2 Å². The summed E-state index contributed by atoms with van der Waals surface area (Å²) in [6, 6.07) is 14.5. The molecule has 0 amide bonds. The lowest BCUT2D eigenvalue weighted by molar-refractivity contribution is 0.0481. The molecule has 0 bridgehead atoms. The Balaban J connectivity index is 1.14. The second-order valence-electron chi connectivity index (χ2n) is 8.32. The first-order valence-electron chi connectivity index (χ1n) is 10.6. The second kappa shape index (κ2) is 8.09. The van der Waals surface area contributed by atoms with Gasteiger partial charge in [-0.2, -0.15) is 0 Å². The Bertz CT molecular complexity index is 869. The third-order valence-electron chi connectivity index (χ3n) is 6.23. The van der Waals surface area contributed by atoms with Crippen LogP contribution in [0.2, 0.25) is 0 Å². The average molecular weight is 412 g/mol. The first kappa shape index (κ1) is 19.1. The van der Waals surface area contributed by atoms with Crippen LogP contribution < -0.4 is 20.1 Å². The number of anilines is 1. The molecule has 0 aromatic heterocycles. The quantitative estimate of drug-likeness (QED) is 0.828. The lowest BCUT2D eigenvalue weighted by Crippen LogP contribution is -2.46. The number of fused-ring (bicyclic) bond motifs is 2. The number of hydrogen-bond acceptors (Lipinski definition) is 6.